The number of hydrogen-bond donors (Lipinski definition) is 5. The average molecular weight is 876 g/mol. The van der Waals surface area contributed by atoms with E-state index in [1.807, 2.05) is 0 Å². The number of ether oxygens (including phenoxy) is 8. The van der Waals surface area contributed by atoms with E-state index in [4.69, 9.17) is 37.9 Å². The molecule has 1 amide bonds. The van der Waals surface area contributed by atoms with Crippen LogP contribution in [0.1, 0.15) is 99.4 Å². The van der Waals surface area contributed by atoms with Crippen LogP contribution in [-0.4, -0.2) is 141 Å². The first kappa shape index (κ1) is 47.3. The Kier molecular flexibility index (Phi) is 12.5. The van der Waals surface area contributed by atoms with Gasteiger partial charge in [0.05, 0.1) is 36.8 Å². The second-order valence-corrected chi connectivity index (χ2v) is 19.4. The van der Waals surface area contributed by atoms with Gasteiger partial charge >= 0.3 is 30.0 Å². The summed E-state index contributed by atoms with van der Waals surface area (Å²) in [5.74, 6) is -6.44. The molecule has 2 saturated heterocycles. The molecule has 6 rings (SSSR count). The number of esters is 4. The lowest BCUT2D eigenvalue weighted by Crippen LogP contribution is -2.82. The second kappa shape index (κ2) is 16.4. The van der Waals surface area contributed by atoms with E-state index in [1.165, 1.54) is 26.0 Å². The van der Waals surface area contributed by atoms with Crippen LogP contribution in [0.2, 0.25) is 0 Å². The number of nitrogens with one attached hydrogen (secondary N) is 1. The zero-order valence-electron chi connectivity index (χ0n) is 37.1. The first-order chi connectivity index (χ1) is 28.6. The Morgan fingerprint density at radius 1 is 0.935 bits per heavy atom. The van der Waals surface area contributed by atoms with Crippen LogP contribution in [0.4, 0.5) is 4.79 Å². The molecule has 2 aliphatic heterocycles. The summed E-state index contributed by atoms with van der Waals surface area (Å²) in [5.41, 5.74) is -8.21. The maximum atomic E-state index is 14.3. The van der Waals surface area contributed by atoms with Gasteiger partial charge in [-0.2, -0.15) is 0 Å². The van der Waals surface area contributed by atoms with E-state index in [9.17, 15) is 44.4 Å². The minimum absolute atomic E-state index is 0.0695. The van der Waals surface area contributed by atoms with E-state index < -0.39 is 131 Å². The van der Waals surface area contributed by atoms with Crippen molar-refractivity contribution >= 4 is 30.0 Å². The molecule has 5 aliphatic rings. The van der Waals surface area contributed by atoms with E-state index in [-0.39, 0.29) is 36.3 Å². The molecule has 2 bridgehead atoms. The first-order valence-corrected chi connectivity index (χ1v) is 20.8. The highest BCUT2D eigenvalue weighted by Gasteiger charge is 2.78. The van der Waals surface area contributed by atoms with Crippen molar-refractivity contribution in [2.45, 2.75) is 166 Å². The summed E-state index contributed by atoms with van der Waals surface area (Å²) in [6.45, 7) is 16.2. The highest BCUT2D eigenvalue weighted by Crippen LogP contribution is 2.65. The third-order valence-electron chi connectivity index (χ3n) is 13.4. The number of carbonyl (C=O) groups excluding carboxylic acids is 5. The summed E-state index contributed by atoms with van der Waals surface area (Å²) in [6, 6.07) is 6.38. The number of rotatable bonds is 9. The third-order valence-corrected chi connectivity index (χ3v) is 13.4. The van der Waals surface area contributed by atoms with Crippen LogP contribution in [0.25, 0.3) is 0 Å². The predicted molar refractivity (Wildman–Crippen MR) is 214 cm³/mol. The van der Waals surface area contributed by atoms with Crippen molar-refractivity contribution in [1.82, 2.24) is 5.32 Å². The van der Waals surface area contributed by atoms with Crippen LogP contribution < -0.4 is 5.32 Å². The van der Waals surface area contributed by atoms with Crippen molar-refractivity contribution in [2.24, 2.45) is 16.7 Å². The van der Waals surface area contributed by atoms with Gasteiger partial charge in [-0.05, 0) is 64.8 Å². The highest BCUT2D eigenvalue weighted by molar-refractivity contribution is 5.89. The van der Waals surface area contributed by atoms with Gasteiger partial charge in [0, 0.05) is 37.5 Å². The largest absolute Gasteiger partial charge is 0.456 e. The monoisotopic (exact) mass is 875 g/mol. The Balaban J connectivity index is 1.52. The van der Waals surface area contributed by atoms with E-state index >= 15 is 0 Å². The molecule has 1 unspecified atom stereocenters. The van der Waals surface area contributed by atoms with Gasteiger partial charge in [-0.25, -0.2) is 14.4 Å². The number of amides is 1. The van der Waals surface area contributed by atoms with Gasteiger partial charge in [0.2, 0.25) is 0 Å². The molecule has 344 valence electrons. The third kappa shape index (κ3) is 8.23. The molecule has 3 aliphatic carbocycles. The molecule has 2 saturated carbocycles. The normalized spacial score (nSPS) is 36.8. The molecule has 0 radical (unpaired) electrons. The Bertz CT molecular complexity index is 1960. The summed E-state index contributed by atoms with van der Waals surface area (Å²) in [6.07, 6.45) is -14.1. The molecule has 1 aromatic carbocycles. The summed E-state index contributed by atoms with van der Waals surface area (Å²) in [4.78, 5) is 67.6. The maximum Gasteiger partial charge on any atom is 0.408 e. The summed E-state index contributed by atoms with van der Waals surface area (Å²) >= 11 is 0. The zero-order valence-corrected chi connectivity index (χ0v) is 37.1. The quantitative estimate of drug-likeness (QED) is 0.136. The molecule has 0 aromatic heterocycles. The van der Waals surface area contributed by atoms with Crippen LogP contribution >= 0.6 is 0 Å². The number of benzene rings is 1. The van der Waals surface area contributed by atoms with Crippen molar-refractivity contribution in [2.75, 3.05) is 13.2 Å². The van der Waals surface area contributed by atoms with Gasteiger partial charge in [-0.1, -0.05) is 39.0 Å². The Morgan fingerprint density at radius 3 is 2.11 bits per heavy atom. The highest BCUT2D eigenvalue weighted by atomic mass is 16.7. The van der Waals surface area contributed by atoms with Crippen LogP contribution in [0.5, 0.6) is 0 Å². The van der Waals surface area contributed by atoms with Crippen LogP contribution in [0, 0.1) is 16.7 Å². The fourth-order valence-electron chi connectivity index (χ4n) is 10.3. The zero-order chi connectivity index (χ0) is 46.1. The molecule has 18 nitrogen and oxygen atoms in total. The van der Waals surface area contributed by atoms with Gasteiger partial charge in [0.15, 0.2) is 23.6 Å². The van der Waals surface area contributed by atoms with Crippen molar-refractivity contribution in [3.05, 3.63) is 47.0 Å². The fourth-order valence-corrected chi connectivity index (χ4v) is 10.3. The fraction of sp³-hybridized carbons (Fsp3) is 0.705. The lowest BCUT2D eigenvalue weighted by atomic mass is 9.44. The molecule has 13 atom stereocenters. The van der Waals surface area contributed by atoms with Crippen LogP contribution in [0.15, 0.2) is 41.5 Å². The van der Waals surface area contributed by atoms with E-state index in [1.54, 1.807) is 66.7 Å². The Morgan fingerprint density at radius 2 is 1.58 bits per heavy atom. The Labute approximate surface area is 360 Å². The van der Waals surface area contributed by atoms with Gasteiger partial charge in [-0.3, -0.25) is 9.59 Å². The van der Waals surface area contributed by atoms with Gasteiger partial charge in [-0.15, -0.1) is 0 Å². The van der Waals surface area contributed by atoms with Crippen molar-refractivity contribution in [1.29, 1.82) is 0 Å². The number of alkyl carbamates (subject to hydrolysis) is 1. The minimum Gasteiger partial charge on any atom is -0.456 e. The molecule has 5 N–H and O–H groups in total. The van der Waals surface area contributed by atoms with Gasteiger partial charge < -0.3 is 63.6 Å². The number of carbonyl (C=O) groups is 5. The summed E-state index contributed by atoms with van der Waals surface area (Å²) in [5, 5.41) is 52.8. The standard InChI is InChI=1S/C44H61NO17/c1-21-25(58-37(52)31(49)30(26-19-56-41(9,10)61-26)45-38(53)62-39(4,5)6)18-44(54)35(59-36(51)24-15-13-12-14-16-24)33-42(11,27(48)17-28-43(33,20-55-28)60-23(3)47)34(50)32(57-22(2)46)29(21)40(44,7)8/h12-16,25-28,30-35,48-50,54H,17-20H2,1-11H3,(H,45,53)/t25-,26+,27-,28?,30-,31+,32+,33-,34-,35-,42+,43-,44+/m0/s1. The van der Waals surface area contributed by atoms with Gasteiger partial charge in [0.1, 0.15) is 41.7 Å². The SMILES string of the molecule is CC(=O)O[C@@H]1C2=C(C)[C@@H](OC(=O)[C@H](O)[C@@H](NC(=O)OC(C)(C)C)[C@H]3COC(C)(C)O3)C[C@@](O)([C@@H](OC(=O)c3ccccc3)[C@H]3[C@@](C)([C@@H](O)CC4OC[C@]43OC(C)=O)[C@H]1O)C2(C)C. The molecule has 18 heteroatoms. The van der Waals surface area contributed by atoms with Crippen molar-refractivity contribution < 1.29 is 82.3 Å². The Hall–Kier alpha value is -4.17. The molecular weight excluding hydrogens is 814 g/mol. The topological polar surface area (TPSA) is 252 Å². The molecule has 1 aromatic rings. The summed E-state index contributed by atoms with van der Waals surface area (Å²) < 4.78 is 47.4. The van der Waals surface area contributed by atoms with Crippen LogP contribution in [-0.2, 0) is 52.3 Å². The first-order valence-electron chi connectivity index (χ1n) is 20.8. The molecular formula is C44H61NO17. The number of hydrogen-bond acceptors (Lipinski definition) is 17. The molecule has 62 heavy (non-hydrogen) atoms. The van der Waals surface area contributed by atoms with Gasteiger partial charge in [0.25, 0.3) is 0 Å². The number of aliphatic hydroxyl groups is 4. The number of fused-ring (bicyclic) bond motifs is 5. The lowest BCUT2D eigenvalue weighted by molar-refractivity contribution is -0.365. The molecule has 4 fully saturated rings. The van der Waals surface area contributed by atoms with E-state index in [0.717, 1.165) is 13.8 Å². The van der Waals surface area contributed by atoms with Crippen molar-refractivity contribution in [3.8, 4) is 0 Å². The second-order valence-electron chi connectivity index (χ2n) is 19.4. The average Bonchev–Trinajstić information content (AvgIpc) is 3.52. The minimum atomic E-state index is -2.38. The summed E-state index contributed by atoms with van der Waals surface area (Å²) in [7, 11) is 0. The lowest BCUT2D eigenvalue weighted by Gasteiger charge is -2.69. The maximum absolute atomic E-state index is 14.3. The number of aliphatic hydroxyl groups excluding tert-OH is 3. The smallest absolute Gasteiger partial charge is 0.408 e. The van der Waals surface area contributed by atoms with E-state index in [2.05, 4.69) is 5.32 Å². The molecule has 2 heterocycles. The van der Waals surface area contributed by atoms with E-state index in [0.29, 0.717) is 0 Å². The van der Waals surface area contributed by atoms with Crippen LogP contribution in [0.3, 0.4) is 0 Å². The van der Waals surface area contributed by atoms with Crippen molar-refractivity contribution in [3.63, 3.8) is 0 Å². The molecule has 0 spiro atoms. The predicted octanol–water partition coefficient (Wildman–Crippen LogP) is 2.40.